The lowest BCUT2D eigenvalue weighted by atomic mass is 9.79. The standard InChI is InChI=1S/C27H38ClN5O3/c1-31-8-4-19(5-9-31)20-6-10-33(11-7-20)27(35)25(18-32-12-14-36-15-13-32)30-26(34)21-2-3-22-23(28)17-29-24(22)16-21/h2-3,16-17,19-20,25,29H,4-15,18H2,1H3,(H,30,34)/t25-/m1/s1. The van der Waals surface area contributed by atoms with Crippen LogP contribution < -0.4 is 5.32 Å². The Morgan fingerprint density at radius 2 is 1.72 bits per heavy atom. The smallest absolute Gasteiger partial charge is 0.252 e. The van der Waals surface area contributed by atoms with Crippen molar-refractivity contribution in [3.8, 4) is 0 Å². The van der Waals surface area contributed by atoms with Gasteiger partial charge in [0.05, 0.1) is 18.2 Å². The lowest BCUT2D eigenvalue weighted by molar-refractivity contribution is -0.135. The lowest BCUT2D eigenvalue weighted by Gasteiger charge is -2.40. The molecule has 0 bridgehead atoms. The Hall–Kier alpha value is -2.13. The van der Waals surface area contributed by atoms with Crippen LogP contribution in [0.3, 0.4) is 0 Å². The van der Waals surface area contributed by atoms with E-state index in [2.05, 4.69) is 27.1 Å². The minimum absolute atomic E-state index is 0.0284. The molecule has 5 rings (SSSR count). The second kappa shape index (κ2) is 11.5. The number of aromatic nitrogens is 1. The predicted molar refractivity (Wildman–Crippen MR) is 141 cm³/mol. The zero-order chi connectivity index (χ0) is 25.1. The number of carbonyl (C=O) groups is 2. The topological polar surface area (TPSA) is 80.9 Å². The molecule has 2 aromatic rings. The maximum absolute atomic E-state index is 13.7. The third kappa shape index (κ3) is 5.88. The van der Waals surface area contributed by atoms with E-state index in [1.165, 1.54) is 25.9 Å². The number of amides is 2. The Morgan fingerprint density at radius 3 is 2.42 bits per heavy atom. The zero-order valence-corrected chi connectivity index (χ0v) is 21.9. The summed E-state index contributed by atoms with van der Waals surface area (Å²) in [6.07, 6.45) is 6.36. The van der Waals surface area contributed by atoms with Crippen molar-refractivity contribution in [3.05, 3.63) is 35.0 Å². The van der Waals surface area contributed by atoms with Crippen LogP contribution in [-0.4, -0.2) is 104 Å². The summed E-state index contributed by atoms with van der Waals surface area (Å²) in [5.74, 6) is 1.27. The fraction of sp³-hybridized carbons (Fsp3) is 0.630. The number of nitrogens with one attached hydrogen (secondary N) is 2. The highest BCUT2D eigenvalue weighted by Gasteiger charge is 2.34. The molecular formula is C27H38ClN5O3. The molecule has 2 amide bonds. The number of aromatic amines is 1. The van der Waals surface area contributed by atoms with E-state index in [0.717, 1.165) is 55.8 Å². The molecule has 0 aliphatic carbocycles. The molecule has 196 valence electrons. The first-order chi connectivity index (χ1) is 17.5. The number of morpholine rings is 1. The fourth-order valence-corrected chi connectivity index (χ4v) is 6.23. The van der Waals surface area contributed by atoms with Crippen molar-refractivity contribution in [1.82, 2.24) is 25.0 Å². The minimum Gasteiger partial charge on any atom is -0.379 e. The number of carbonyl (C=O) groups excluding carboxylic acids is 2. The van der Waals surface area contributed by atoms with E-state index in [9.17, 15) is 9.59 Å². The number of piperidine rings is 2. The van der Waals surface area contributed by atoms with E-state index in [-0.39, 0.29) is 11.8 Å². The van der Waals surface area contributed by atoms with Crippen LogP contribution in [0.1, 0.15) is 36.0 Å². The molecule has 4 heterocycles. The molecule has 0 saturated carbocycles. The average Bonchev–Trinajstić information content (AvgIpc) is 3.29. The van der Waals surface area contributed by atoms with Crippen LogP contribution in [0, 0.1) is 11.8 Å². The van der Waals surface area contributed by atoms with Crippen molar-refractivity contribution in [1.29, 1.82) is 0 Å². The van der Waals surface area contributed by atoms with Gasteiger partial charge in [-0.2, -0.15) is 0 Å². The van der Waals surface area contributed by atoms with Crippen LogP contribution >= 0.6 is 11.6 Å². The Balaban J connectivity index is 1.24. The van der Waals surface area contributed by atoms with Crippen molar-refractivity contribution in [3.63, 3.8) is 0 Å². The van der Waals surface area contributed by atoms with Gasteiger partial charge in [0, 0.05) is 55.4 Å². The quantitative estimate of drug-likeness (QED) is 0.618. The van der Waals surface area contributed by atoms with Gasteiger partial charge >= 0.3 is 0 Å². The van der Waals surface area contributed by atoms with Gasteiger partial charge in [-0.25, -0.2) is 0 Å². The van der Waals surface area contributed by atoms with Gasteiger partial charge in [-0.1, -0.05) is 17.7 Å². The molecule has 3 aliphatic heterocycles. The van der Waals surface area contributed by atoms with Crippen LogP contribution in [0.15, 0.2) is 24.4 Å². The third-order valence-corrected chi connectivity index (χ3v) is 8.64. The van der Waals surface area contributed by atoms with Gasteiger partial charge in [-0.15, -0.1) is 0 Å². The maximum atomic E-state index is 13.7. The van der Waals surface area contributed by atoms with Gasteiger partial charge in [0.2, 0.25) is 5.91 Å². The number of rotatable bonds is 6. The van der Waals surface area contributed by atoms with Crippen molar-refractivity contribution in [2.75, 3.05) is 66.1 Å². The summed E-state index contributed by atoms with van der Waals surface area (Å²) in [5.41, 5.74) is 1.32. The Labute approximate surface area is 218 Å². The van der Waals surface area contributed by atoms with E-state index in [0.29, 0.717) is 36.3 Å². The molecule has 8 nitrogen and oxygen atoms in total. The normalized spacial score (nSPS) is 22.1. The van der Waals surface area contributed by atoms with E-state index in [1.54, 1.807) is 18.3 Å². The lowest BCUT2D eigenvalue weighted by Crippen LogP contribution is -2.56. The number of hydrogen-bond acceptors (Lipinski definition) is 5. The SMILES string of the molecule is CN1CCC(C2CCN(C(=O)[C@@H](CN3CCOCC3)NC(=O)c3ccc4c(Cl)c[nH]c4c3)CC2)CC1. The summed E-state index contributed by atoms with van der Waals surface area (Å²) >= 11 is 6.19. The largest absolute Gasteiger partial charge is 0.379 e. The van der Waals surface area contributed by atoms with Gasteiger partial charge in [0.15, 0.2) is 0 Å². The number of hydrogen-bond donors (Lipinski definition) is 2. The molecular weight excluding hydrogens is 478 g/mol. The first kappa shape index (κ1) is 25.5. The molecule has 1 atom stereocenters. The van der Waals surface area contributed by atoms with Crippen LogP contribution in [0.25, 0.3) is 10.9 Å². The molecule has 0 radical (unpaired) electrons. The number of likely N-dealkylation sites (tertiary alicyclic amines) is 2. The molecule has 36 heavy (non-hydrogen) atoms. The van der Waals surface area contributed by atoms with Crippen molar-refractivity contribution in [2.45, 2.75) is 31.7 Å². The molecule has 1 aromatic heterocycles. The maximum Gasteiger partial charge on any atom is 0.252 e. The molecule has 3 saturated heterocycles. The van der Waals surface area contributed by atoms with Gasteiger partial charge in [-0.3, -0.25) is 14.5 Å². The van der Waals surface area contributed by atoms with Gasteiger partial charge in [0.25, 0.3) is 5.91 Å². The zero-order valence-electron chi connectivity index (χ0n) is 21.2. The highest BCUT2D eigenvalue weighted by atomic mass is 35.5. The summed E-state index contributed by atoms with van der Waals surface area (Å²) in [6, 6.07) is 4.81. The van der Waals surface area contributed by atoms with Crippen molar-refractivity contribution in [2.24, 2.45) is 11.8 Å². The van der Waals surface area contributed by atoms with Crippen molar-refractivity contribution < 1.29 is 14.3 Å². The van der Waals surface area contributed by atoms with E-state index in [4.69, 9.17) is 16.3 Å². The number of benzene rings is 1. The Morgan fingerprint density at radius 1 is 1.06 bits per heavy atom. The van der Waals surface area contributed by atoms with Crippen LogP contribution in [0.4, 0.5) is 0 Å². The summed E-state index contributed by atoms with van der Waals surface area (Å²) in [6.45, 7) is 7.25. The molecule has 0 spiro atoms. The predicted octanol–water partition coefficient (Wildman–Crippen LogP) is 2.83. The molecule has 2 N–H and O–H groups in total. The van der Waals surface area contributed by atoms with Crippen LogP contribution in [-0.2, 0) is 9.53 Å². The first-order valence-corrected chi connectivity index (χ1v) is 13.7. The minimum atomic E-state index is -0.585. The van der Waals surface area contributed by atoms with Crippen LogP contribution in [0.5, 0.6) is 0 Å². The van der Waals surface area contributed by atoms with Crippen molar-refractivity contribution >= 4 is 34.3 Å². The molecule has 9 heteroatoms. The monoisotopic (exact) mass is 515 g/mol. The Kier molecular flexibility index (Phi) is 8.15. The number of fused-ring (bicyclic) bond motifs is 1. The summed E-state index contributed by atoms with van der Waals surface area (Å²) in [4.78, 5) is 36.6. The summed E-state index contributed by atoms with van der Waals surface area (Å²) in [7, 11) is 2.20. The summed E-state index contributed by atoms with van der Waals surface area (Å²) < 4.78 is 5.49. The third-order valence-electron chi connectivity index (χ3n) is 8.32. The second-order valence-electron chi connectivity index (χ2n) is 10.6. The summed E-state index contributed by atoms with van der Waals surface area (Å²) in [5, 5.41) is 4.57. The number of halogens is 1. The van der Waals surface area contributed by atoms with Gasteiger partial charge < -0.3 is 24.8 Å². The molecule has 3 aliphatic rings. The van der Waals surface area contributed by atoms with Gasteiger partial charge in [0.1, 0.15) is 6.04 Å². The number of nitrogens with zero attached hydrogens (tertiary/aromatic N) is 3. The van der Waals surface area contributed by atoms with E-state index in [1.807, 2.05) is 11.0 Å². The van der Waals surface area contributed by atoms with Gasteiger partial charge in [-0.05, 0) is 69.8 Å². The second-order valence-corrected chi connectivity index (χ2v) is 11.0. The number of ether oxygens (including phenoxy) is 1. The molecule has 0 unspecified atom stereocenters. The highest BCUT2D eigenvalue weighted by molar-refractivity contribution is 6.35. The fourth-order valence-electron chi connectivity index (χ4n) is 6.01. The van der Waals surface area contributed by atoms with E-state index >= 15 is 0 Å². The number of H-pyrrole nitrogens is 1. The Bertz CT molecular complexity index is 1050. The first-order valence-electron chi connectivity index (χ1n) is 13.3. The highest BCUT2D eigenvalue weighted by Crippen LogP contribution is 2.32. The molecule has 3 fully saturated rings. The van der Waals surface area contributed by atoms with Crippen LogP contribution in [0.2, 0.25) is 5.02 Å². The molecule has 1 aromatic carbocycles. The average molecular weight is 516 g/mol. The van der Waals surface area contributed by atoms with E-state index < -0.39 is 6.04 Å².